The maximum atomic E-state index is 13.1. The number of ketones is 1. The molecule has 0 bridgehead atoms. The SMILES string of the molecule is O=C(c1ccccn1)c1cc(C(F)(F)F)nc2cc(S(F)(F)(F)(F)F)ccc12. The molecule has 0 aliphatic rings. The topological polar surface area (TPSA) is 42.9 Å². The molecule has 3 nitrogen and oxygen atoms in total. The molecule has 0 spiro atoms. The molecule has 3 rings (SSSR count). The highest BCUT2D eigenvalue weighted by atomic mass is 32.5. The van der Waals surface area contributed by atoms with Crippen LogP contribution >= 0.6 is 10.2 Å². The summed E-state index contributed by atoms with van der Waals surface area (Å²) in [5.74, 6) is -1.03. The minimum absolute atomic E-state index is 0.00797. The normalized spacial score (nSPS) is 15.1. The van der Waals surface area contributed by atoms with Gasteiger partial charge in [0, 0.05) is 17.1 Å². The number of halogens is 8. The molecule has 12 heteroatoms. The maximum Gasteiger partial charge on any atom is 0.433 e. The second-order valence-electron chi connectivity index (χ2n) is 5.74. The fourth-order valence-corrected chi connectivity index (χ4v) is 3.08. The van der Waals surface area contributed by atoms with Crippen molar-refractivity contribution in [2.24, 2.45) is 0 Å². The molecule has 28 heavy (non-hydrogen) atoms. The summed E-state index contributed by atoms with van der Waals surface area (Å²) in [5, 5.41) is -0.450. The second kappa shape index (κ2) is 5.40. The number of carbonyl (C=O) groups excluding carboxylic acids is 1. The fraction of sp³-hybridized carbons (Fsp3) is 0.0625. The molecule has 1 aromatic carbocycles. The molecule has 0 fully saturated rings. The first-order chi connectivity index (χ1) is 12.6. The average Bonchev–Trinajstić information content (AvgIpc) is 2.57. The summed E-state index contributed by atoms with van der Waals surface area (Å²) in [5.41, 5.74) is -3.68. The lowest BCUT2D eigenvalue weighted by Crippen LogP contribution is -2.13. The van der Waals surface area contributed by atoms with Crippen LogP contribution in [-0.2, 0) is 6.18 Å². The van der Waals surface area contributed by atoms with Gasteiger partial charge in [-0.1, -0.05) is 31.6 Å². The van der Waals surface area contributed by atoms with Crippen LogP contribution in [0.5, 0.6) is 0 Å². The molecule has 0 aliphatic heterocycles. The van der Waals surface area contributed by atoms with Crippen molar-refractivity contribution < 1.29 is 37.4 Å². The number of benzene rings is 1. The molecule has 0 saturated carbocycles. The molecule has 0 atom stereocenters. The van der Waals surface area contributed by atoms with E-state index in [1.807, 2.05) is 0 Å². The molecule has 0 unspecified atom stereocenters. The van der Waals surface area contributed by atoms with Gasteiger partial charge in [0.15, 0.2) is 0 Å². The van der Waals surface area contributed by atoms with E-state index in [0.717, 1.165) is 0 Å². The number of hydrogen-bond donors (Lipinski definition) is 0. The predicted octanol–water partition coefficient (Wildman–Crippen LogP) is 6.54. The van der Waals surface area contributed by atoms with Gasteiger partial charge in [0.1, 0.15) is 16.3 Å². The van der Waals surface area contributed by atoms with Gasteiger partial charge in [-0.15, -0.1) is 0 Å². The van der Waals surface area contributed by atoms with Crippen LogP contribution in [0.15, 0.2) is 53.6 Å². The first-order valence-electron chi connectivity index (χ1n) is 7.28. The van der Waals surface area contributed by atoms with Gasteiger partial charge < -0.3 is 0 Å². The molecular formula is C16H8F8N2OS. The lowest BCUT2D eigenvalue weighted by Gasteiger charge is -2.40. The average molecular weight is 428 g/mol. The van der Waals surface area contributed by atoms with E-state index < -0.39 is 49.2 Å². The van der Waals surface area contributed by atoms with Crippen LogP contribution in [0.4, 0.5) is 32.6 Å². The lowest BCUT2D eigenvalue weighted by molar-refractivity contribution is -0.140. The predicted molar refractivity (Wildman–Crippen MR) is 85.8 cm³/mol. The molecule has 2 heterocycles. The van der Waals surface area contributed by atoms with E-state index in [2.05, 4.69) is 9.97 Å². The number of rotatable bonds is 3. The van der Waals surface area contributed by atoms with Crippen LogP contribution in [0.3, 0.4) is 0 Å². The first kappa shape index (κ1) is 20.0. The van der Waals surface area contributed by atoms with Crippen molar-refractivity contribution in [1.29, 1.82) is 0 Å². The van der Waals surface area contributed by atoms with Crippen molar-refractivity contribution in [3.63, 3.8) is 0 Å². The van der Waals surface area contributed by atoms with Crippen LogP contribution in [0, 0.1) is 0 Å². The van der Waals surface area contributed by atoms with E-state index in [0.29, 0.717) is 12.1 Å². The molecule has 2 aromatic heterocycles. The fourth-order valence-electron chi connectivity index (χ4n) is 2.42. The largest absolute Gasteiger partial charge is 0.433 e. The number of alkyl halides is 3. The summed E-state index contributed by atoms with van der Waals surface area (Å²) in [6.07, 6.45) is -3.94. The van der Waals surface area contributed by atoms with Gasteiger partial charge >= 0.3 is 16.4 Å². The van der Waals surface area contributed by atoms with Crippen LogP contribution in [0.25, 0.3) is 10.9 Å². The van der Waals surface area contributed by atoms with Gasteiger partial charge in [-0.25, -0.2) is 4.98 Å². The number of aromatic nitrogens is 2. The number of fused-ring (bicyclic) bond motifs is 1. The van der Waals surface area contributed by atoms with Gasteiger partial charge in [-0.3, -0.25) is 9.78 Å². The summed E-state index contributed by atoms with van der Waals surface area (Å²) in [4.78, 5) is 16.8. The Balaban J connectivity index is 2.34. The highest BCUT2D eigenvalue weighted by Gasteiger charge is 2.65. The Morgan fingerprint density at radius 2 is 1.61 bits per heavy atom. The monoisotopic (exact) mass is 428 g/mol. The molecule has 3 aromatic rings. The van der Waals surface area contributed by atoms with E-state index >= 15 is 0 Å². The smallest absolute Gasteiger partial charge is 0.287 e. The Hall–Kier alpha value is -2.76. The van der Waals surface area contributed by atoms with Gasteiger partial charge in [0.05, 0.1) is 5.52 Å². The number of pyridine rings is 2. The Morgan fingerprint density at radius 1 is 0.929 bits per heavy atom. The van der Waals surface area contributed by atoms with Crippen molar-refractivity contribution in [3.05, 3.63) is 65.6 Å². The lowest BCUT2D eigenvalue weighted by atomic mass is 10.0. The van der Waals surface area contributed by atoms with E-state index in [9.17, 15) is 37.4 Å². The van der Waals surface area contributed by atoms with E-state index in [4.69, 9.17) is 0 Å². The van der Waals surface area contributed by atoms with Gasteiger partial charge in [0.25, 0.3) is 0 Å². The van der Waals surface area contributed by atoms with Crippen molar-refractivity contribution in [1.82, 2.24) is 9.97 Å². The number of carbonyl (C=O) groups is 1. The third-order valence-corrected chi connectivity index (χ3v) is 4.80. The van der Waals surface area contributed by atoms with Crippen LogP contribution in [0.1, 0.15) is 21.7 Å². The Kier molecular flexibility index (Phi) is 3.85. The van der Waals surface area contributed by atoms with E-state index in [1.165, 1.54) is 24.4 Å². The highest BCUT2D eigenvalue weighted by molar-refractivity contribution is 8.45. The van der Waals surface area contributed by atoms with E-state index in [-0.39, 0.29) is 17.8 Å². The van der Waals surface area contributed by atoms with Crippen molar-refractivity contribution >= 4 is 26.9 Å². The quantitative estimate of drug-likeness (QED) is 0.352. The molecule has 0 radical (unpaired) electrons. The molecule has 150 valence electrons. The molecule has 0 saturated heterocycles. The van der Waals surface area contributed by atoms with Crippen molar-refractivity contribution in [2.45, 2.75) is 11.1 Å². The van der Waals surface area contributed by atoms with Crippen molar-refractivity contribution in [3.8, 4) is 0 Å². The summed E-state index contributed by atoms with van der Waals surface area (Å²) in [6.45, 7) is 0. The molecule has 0 N–H and O–H groups in total. The molecule has 0 amide bonds. The second-order valence-corrected chi connectivity index (χ2v) is 8.15. The van der Waals surface area contributed by atoms with E-state index in [1.54, 1.807) is 0 Å². The van der Waals surface area contributed by atoms with Crippen LogP contribution in [0.2, 0.25) is 0 Å². The van der Waals surface area contributed by atoms with Gasteiger partial charge in [-0.2, -0.15) is 13.2 Å². The first-order valence-corrected chi connectivity index (χ1v) is 9.23. The third kappa shape index (κ3) is 3.91. The minimum atomic E-state index is -10.2. The summed E-state index contributed by atoms with van der Waals surface area (Å²) >= 11 is 0. The van der Waals surface area contributed by atoms with Gasteiger partial charge in [-0.05, 0) is 30.3 Å². The zero-order valence-electron chi connectivity index (χ0n) is 13.4. The zero-order chi connectivity index (χ0) is 21.0. The standard InChI is InChI=1S/C16H8F8N2OS/c17-16(18,19)14-8-11(15(27)12-3-1-2-6-25-12)10-5-4-9(7-13(10)26-14)28(20,21,22,23)24/h1-8H. The number of nitrogens with zero attached hydrogens (tertiary/aromatic N) is 2. The Morgan fingerprint density at radius 3 is 2.14 bits per heavy atom. The summed E-state index contributed by atoms with van der Waals surface area (Å²) in [7, 11) is -10.2. The van der Waals surface area contributed by atoms with Crippen LogP contribution < -0.4 is 0 Å². The summed E-state index contributed by atoms with van der Waals surface area (Å²) in [6, 6.07) is 4.65. The summed E-state index contributed by atoms with van der Waals surface area (Å²) < 4.78 is 104. The molecular weight excluding hydrogens is 420 g/mol. The van der Waals surface area contributed by atoms with Crippen molar-refractivity contribution in [2.75, 3.05) is 0 Å². The Labute approximate surface area is 151 Å². The third-order valence-electron chi connectivity index (χ3n) is 3.66. The number of hydrogen-bond acceptors (Lipinski definition) is 3. The minimum Gasteiger partial charge on any atom is -0.287 e. The van der Waals surface area contributed by atoms with Crippen LogP contribution in [-0.4, -0.2) is 15.8 Å². The Bertz CT molecular complexity index is 1100. The maximum absolute atomic E-state index is 13.1. The highest BCUT2D eigenvalue weighted by Crippen LogP contribution is 3.02. The molecule has 0 aliphatic carbocycles. The van der Waals surface area contributed by atoms with Gasteiger partial charge in [0.2, 0.25) is 5.78 Å². The zero-order valence-corrected chi connectivity index (χ0v) is 14.2.